The Morgan fingerprint density at radius 2 is 0.644 bits per heavy atom. The second-order valence-electron chi connectivity index (χ2n) is 19.5. The third-order valence-electron chi connectivity index (χ3n) is 14.2. The third-order valence-corrected chi connectivity index (χ3v) is 14.2. The third kappa shape index (κ3) is 8.49. The Morgan fingerprint density at radius 3 is 1.07 bits per heavy atom. The van der Waals surface area contributed by atoms with Crippen LogP contribution in [-0.4, -0.2) is 24.5 Å². The van der Waals surface area contributed by atoms with Crippen LogP contribution >= 0.6 is 0 Å². The quantitative estimate of drug-likeness (QED) is 0.145. The van der Waals surface area contributed by atoms with Gasteiger partial charge in [-0.15, -0.1) is 0 Å². The SMILES string of the molecule is Cc1cc(C)c(-c2ccc3c4ccc(-c5c(C)cc(C)cc5C)cc4n(-c4ccc(-c5nc(-c6ccccc6)cc(-c6ccccc6)n5)cc4-c4cc(-c5ccccc5)nc(-c5ccccc5)n4)c3c2)c(C)c1. The summed E-state index contributed by atoms with van der Waals surface area (Å²) in [5, 5.41) is 2.34. The number of aromatic nitrogens is 5. The average Bonchev–Trinajstić information content (AvgIpc) is 3.74. The summed E-state index contributed by atoms with van der Waals surface area (Å²) >= 11 is 0. The molecular formula is C68H53N5. The van der Waals surface area contributed by atoms with E-state index in [1.165, 1.54) is 66.4 Å². The molecule has 0 aliphatic heterocycles. The minimum absolute atomic E-state index is 0.621. The van der Waals surface area contributed by atoms with Crippen molar-refractivity contribution in [2.75, 3.05) is 0 Å². The summed E-state index contributed by atoms with van der Waals surface area (Å²) in [4.78, 5) is 21.5. The van der Waals surface area contributed by atoms with Crippen molar-refractivity contribution in [3.63, 3.8) is 0 Å². The predicted octanol–water partition coefficient (Wildman–Crippen LogP) is 17.6. The van der Waals surface area contributed by atoms with Crippen molar-refractivity contribution in [2.24, 2.45) is 0 Å². The standard InChI is InChI=1S/C68H53N5/c1-42-33-44(3)65(45(4)34-42)52-27-30-55-56-31-28-53(66-46(5)35-43(2)36-47(66)6)39-64(56)73(63(55)38-52)62-32-29-54(68-70-58(48-19-11-7-12-20-48)40-59(71-68)49-21-13-8-14-22-49)37-57(62)61-41-60(50-23-15-9-16-24-50)69-67(72-61)51-25-17-10-18-26-51/h7-41H,1-6H3. The van der Waals surface area contributed by atoms with Crippen molar-refractivity contribution in [3.8, 4) is 95.7 Å². The Balaban J connectivity index is 1.19. The van der Waals surface area contributed by atoms with Gasteiger partial charge in [0.1, 0.15) is 0 Å². The van der Waals surface area contributed by atoms with E-state index in [0.29, 0.717) is 11.6 Å². The van der Waals surface area contributed by atoms with Crippen molar-refractivity contribution >= 4 is 21.8 Å². The second-order valence-corrected chi connectivity index (χ2v) is 19.5. The van der Waals surface area contributed by atoms with E-state index >= 15 is 0 Å². The maximum absolute atomic E-state index is 5.52. The minimum atomic E-state index is 0.621. The van der Waals surface area contributed by atoms with Crippen LogP contribution in [0.25, 0.3) is 118 Å². The Bertz CT molecular complexity index is 3790. The lowest BCUT2D eigenvalue weighted by atomic mass is 9.92. The molecule has 12 rings (SSSR count). The van der Waals surface area contributed by atoms with Gasteiger partial charge in [0.25, 0.3) is 0 Å². The second kappa shape index (κ2) is 18.6. The lowest BCUT2D eigenvalue weighted by Gasteiger charge is -2.18. The molecule has 3 aromatic heterocycles. The maximum atomic E-state index is 5.52. The Morgan fingerprint density at radius 1 is 0.288 bits per heavy atom. The Kier molecular flexibility index (Phi) is 11.5. The van der Waals surface area contributed by atoms with E-state index in [4.69, 9.17) is 19.9 Å². The van der Waals surface area contributed by atoms with Gasteiger partial charge < -0.3 is 4.57 Å². The summed E-state index contributed by atoms with van der Waals surface area (Å²) in [7, 11) is 0. The molecule has 350 valence electrons. The Hall–Kier alpha value is -9.06. The molecule has 73 heavy (non-hydrogen) atoms. The number of aryl methyl sites for hydroxylation is 6. The van der Waals surface area contributed by atoms with E-state index in [9.17, 15) is 0 Å². The summed E-state index contributed by atoms with van der Waals surface area (Å²) in [5.41, 5.74) is 24.7. The molecule has 0 atom stereocenters. The maximum Gasteiger partial charge on any atom is 0.160 e. The van der Waals surface area contributed by atoms with Gasteiger partial charge in [-0.2, -0.15) is 0 Å². The van der Waals surface area contributed by atoms with E-state index in [2.05, 4.69) is 222 Å². The lowest BCUT2D eigenvalue weighted by molar-refractivity contribution is 1.14. The number of hydrogen-bond donors (Lipinski definition) is 0. The van der Waals surface area contributed by atoms with Gasteiger partial charge >= 0.3 is 0 Å². The number of nitrogens with zero attached hydrogens (tertiary/aromatic N) is 5. The number of benzene rings is 9. The molecular weight excluding hydrogens is 887 g/mol. The first-order chi connectivity index (χ1) is 35.6. The number of fused-ring (bicyclic) bond motifs is 3. The van der Waals surface area contributed by atoms with Crippen LogP contribution in [0.3, 0.4) is 0 Å². The minimum Gasteiger partial charge on any atom is -0.309 e. The Labute approximate surface area is 427 Å². The van der Waals surface area contributed by atoms with Gasteiger partial charge in [-0.05, 0) is 129 Å². The van der Waals surface area contributed by atoms with E-state index < -0.39 is 0 Å². The summed E-state index contributed by atoms with van der Waals surface area (Å²) in [5.74, 6) is 1.26. The van der Waals surface area contributed by atoms with Gasteiger partial charge in [0.05, 0.1) is 39.5 Å². The molecule has 0 N–H and O–H groups in total. The largest absolute Gasteiger partial charge is 0.309 e. The average molecular weight is 940 g/mol. The van der Waals surface area contributed by atoms with Crippen LogP contribution in [0.4, 0.5) is 0 Å². The molecule has 0 radical (unpaired) electrons. The van der Waals surface area contributed by atoms with Gasteiger partial charge in [-0.3, -0.25) is 0 Å². The molecule has 0 saturated heterocycles. The highest BCUT2D eigenvalue weighted by Gasteiger charge is 2.23. The zero-order chi connectivity index (χ0) is 49.7. The lowest BCUT2D eigenvalue weighted by Crippen LogP contribution is -2.03. The van der Waals surface area contributed by atoms with Crippen LogP contribution in [0, 0.1) is 41.5 Å². The molecule has 5 heteroatoms. The first-order valence-electron chi connectivity index (χ1n) is 25.0. The summed E-state index contributed by atoms with van der Waals surface area (Å²) in [6.07, 6.45) is 0. The normalized spacial score (nSPS) is 11.4. The monoisotopic (exact) mass is 939 g/mol. The first-order valence-corrected chi connectivity index (χ1v) is 25.0. The van der Waals surface area contributed by atoms with Crippen LogP contribution in [0.2, 0.25) is 0 Å². The molecule has 0 saturated carbocycles. The van der Waals surface area contributed by atoms with Gasteiger partial charge in [0.15, 0.2) is 11.6 Å². The summed E-state index contributed by atoms with van der Waals surface area (Å²) < 4.78 is 2.47. The van der Waals surface area contributed by atoms with Crippen molar-refractivity contribution < 1.29 is 0 Å². The highest BCUT2D eigenvalue weighted by Crippen LogP contribution is 2.43. The van der Waals surface area contributed by atoms with Crippen LogP contribution in [-0.2, 0) is 0 Å². The molecule has 0 fully saturated rings. The number of hydrogen-bond acceptors (Lipinski definition) is 4. The molecule has 3 heterocycles. The molecule has 12 aromatic rings. The zero-order valence-corrected chi connectivity index (χ0v) is 41.9. The van der Waals surface area contributed by atoms with Gasteiger partial charge in [-0.1, -0.05) is 181 Å². The van der Waals surface area contributed by atoms with Crippen LogP contribution < -0.4 is 0 Å². The van der Waals surface area contributed by atoms with E-state index in [1.807, 2.05) is 36.4 Å². The zero-order valence-electron chi connectivity index (χ0n) is 41.9. The molecule has 0 unspecified atom stereocenters. The molecule has 0 aliphatic rings. The summed E-state index contributed by atoms with van der Waals surface area (Å²) in [6.45, 7) is 13.3. The highest BCUT2D eigenvalue weighted by molar-refractivity contribution is 6.12. The molecule has 0 spiro atoms. The van der Waals surface area contributed by atoms with Gasteiger partial charge in [0.2, 0.25) is 0 Å². The van der Waals surface area contributed by atoms with Crippen LogP contribution in [0.1, 0.15) is 33.4 Å². The topological polar surface area (TPSA) is 56.5 Å². The molecule has 5 nitrogen and oxygen atoms in total. The fraction of sp³-hybridized carbons (Fsp3) is 0.0882. The van der Waals surface area contributed by atoms with Gasteiger partial charge in [-0.25, -0.2) is 19.9 Å². The molecule has 0 aliphatic carbocycles. The van der Waals surface area contributed by atoms with Crippen LogP contribution in [0.5, 0.6) is 0 Å². The van der Waals surface area contributed by atoms with Crippen molar-refractivity contribution in [1.82, 2.24) is 24.5 Å². The predicted molar refractivity (Wildman–Crippen MR) is 304 cm³/mol. The fourth-order valence-corrected chi connectivity index (χ4v) is 11.1. The smallest absolute Gasteiger partial charge is 0.160 e. The number of rotatable bonds is 9. The van der Waals surface area contributed by atoms with Crippen molar-refractivity contribution in [1.29, 1.82) is 0 Å². The van der Waals surface area contributed by atoms with Crippen molar-refractivity contribution in [3.05, 3.63) is 246 Å². The van der Waals surface area contributed by atoms with Crippen molar-refractivity contribution in [2.45, 2.75) is 41.5 Å². The van der Waals surface area contributed by atoms with Gasteiger partial charge in [0, 0.05) is 44.2 Å². The molecule has 0 bridgehead atoms. The molecule has 9 aromatic carbocycles. The van der Waals surface area contributed by atoms with Crippen LogP contribution in [0.15, 0.2) is 212 Å². The summed E-state index contributed by atoms with van der Waals surface area (Å²) in [6, 6.07) is 75.5. The van der Waals surface area contributed by atoms with E-state index in [1.54, 1.807) is 0 Å². The first kappa shape index (κ1) is 45.1. The highest BCUT2D eigenvalue weighted by atomic mass is 15.0. The molecule has 0 amide bonds. The van der Waals surface area contributed by atoms with E-state index in [-0.39, 0.29) is 0 Å². The van der Waals surface area contributed by atoms with E-state index in [0.717, 1.165) is 72.9 Å². The fourth-order valence-electron chi connectivity index (χ4n) is 11.1.